The molecule has 108 valence electrons. The van der Waals surface area contributed by atoms with Crippen molar-refractivity contribution in [3.63, 3.8) is 0 Å². The van der Waals surface area contributed by atoms with Crippen LogP contribution in [0.15, 0.2) is 67.3 Å². The van der Waals surface area contributed by atoms with Crippen LogP contribution in [0.1, 0.15) is 15.9 Å². The highest BCUT2D eigenvalue weighted by Gasteiger charge is 2.04. The lowest BCUT2D eigenvalue weighted by Gasteiger charge is -2.07. The average Bonchev–Trinajstić information content (AvgIpc) is 2.54. The van der Waals surface area contributed by atoms with Crippen LogP contribution in [0, 0.1) is 0 Å². The van der Waals surface area contributed by atoms with Crippen LogP contribution in [-0.4, -0.2) is 19.1 Å². The molecule has 0 atom stereocenters. The number of hydrogen-bond acceptors (Lipinski definition) is 2. The van der Waals surface area contributed by atoms with Crippen LogP contribution in [-0.2, 0) is 6.42 Å². The monoisotopic (exact) mass is 281 g/mol. The minimum absolute atomic E-state index is 0.0683. The van der Waals surface area contributed by atoms with E-state index in [1.165, 1.54) is 5.56 Å². The molecule has 0 heterocycles. The third kappa shape index (κ3) is 4.80. The Kier molecular flexibility index (Phi) is 5.59. The van der Waals surface area contributed by atoms with Crippen LogP contribution in [0.25, 0.3) is 0 Å². The zero-order chi connectivity index (χ0) is 14.9. The van der Waals surface area contributed by atoms with E-state index >= 15 is 0 Å². The molecular weight excluding hydrogens is 262 g/mol. The lowest BCUT2D eigenvalue weighted by atomic mass is 10.1. The topological polar surface area (TPSA) is 38.3 Å². The van der Waals surface area contributed by atoms with Crippen molar-refractivity contribution in [3.8, 4) is 5.75 Å². The summed E-state index contributed by atoms with van der Waals surface area (Å²) >= 11 is 0. The van der Waals surface area contributed by atoms with Crippen LogP contribution >= 0.6 is 0 Å². The predicted molar refractivity (Wildman–Crippen MR) is 84.6 cm³/mol. The fourth-order valence-electron chi connectivity index (χ4n) is 1.92. The number of carbonyl (C=O) groups is 1. The summed E-state index contributed by atoms with van der Waals surface area (Å²) < 4.78 is 5.38. The fraction of sp³-hybridized carbons (Fsp3) is 0.167. The summed E-state index contributed by atoms with van der Waals surface area (Å²) in [6.07, 6.45) is 2.51. The summed E-state index contributed by atoms with van der Waals surface area (Å²) in [5.41, 5.74) is 1.85. The summed E-state index contributed by atoms with van der Waals surface area (Å²) in [6.45, 7) is 4.67. The summed E-state index contributed by atoms with van der Waals surface area (Å²) in [7, 11) is 0. The quantitative estimate of drug-likeness (QED) is 0.791. The second-order valence-electron chi connectivity index (χ2n) is 4.62. The molecule has 21 heavy (non-hydrogen) atoms. The predicted octanol–water partition coefficient (Wildman–Crippen LogP) is 3.22. The molecule has 3 nitrogen and oxygen atoms in total. The van der Waals surface area contributed by atoms with Crippen LogP contribution in [0.3, 0.4) is 0 Å². The molecule has 0 aliphatic heterocycles. The first-order valence-electron chi connectivity index (χ1n) is 6.95. The third-order valence-corrected chi connectivity index (χ3v) is 3.03. The van der Waals surface area contributed by atoms with E-state index < -0.39 is 0 Å². The van der Waals surface area contributed by atoms with Gasteiger partial charge < -0.3 is 10.1 Å². The van der Waals surface area contributed by atoms with Gasteiger partial charge in [-0.15, -0.1) is 0 Å². The summed E-state index contributed by atoms with van der Waals surface area (Å²) in [4.78, 5) is 12.0. The Labute approximate surface area is 125 Å². The van der Waals surface area contributed by atoms with Crippen molar-refractivity contribution >= 4 is 5.91 Å². The van der Waals surface area contributed by atoms with Crippen LogP contribution in [0.2, 0.25) is 0 Å². The van der Waals surface area contributed by atoms with Crippen LogP contribution in [0.5, 0.6) is 5.75 Å². The summed E-state index contributed by atoms with van der Waals surface area (Å²) in [5, 5.41) is 2.91. The van der Waals surface area contributed by atoms with Gasteiger partial charge in [-0.25, -0.2) is 0 Å². The Balaban J connectivity index is 1.81. The van der Waals surface area contributed by atoms with E-state index in [4.69, 9.17) is 4.74 Å². The maximum atomic E-state index is 12.0. The number of carbonyl (C=O) groups excluding carboxylic acids is 1. The molecule has 2 aromatic carbocycles. The number of ether oxygens (including phenoxy) is 1. The summed E-state index contributed by atoms with van der Waals surface area (Å²) in [6, 6.07) is 17.2. The molecule has 0 aliphatic carbocycles. The average molecular weight is 281 g/mol. The Bertz CT molecular complexity index is 576. The molecule has 0 bridgehead atoms. The smallest absolute Gasteiger partial charge is 0.251 e. The van der Waals surface area contributed by atoms with Crippen molar-refractivity contribution in [2.45, 2.75) is 6.42 Å². The van der Waals surface area contributed by atoms with E-state index in [2.05, 4.69) is 24.0 Å². The molecule has 0 fully saturated rings. The molecule has 2 rings (SSSR count). The molecule has 0 saturated heterocycles. The maximum absolute atomic E-state index is 12.0. The first-order chi connectivity index (χ1) is 10.3. The normalized spacial score (nSPS) is 9.90. The molecule has 3 heteroatoms. The van der Waals surface area contributed by atoms with Gasteiger partial charge in [-0.1, -0.05) is 43.0 Å². The van der Waals surface area contributed by atoms with E-state index in [0.717, 1.165) is 12.2 Å². The molecular formula is C18H19NO2. The van der Waals surface area contributed by atoms with Gasteiger partial charge >= 0.3 is 0 Å². The van der Waals surface area contributed by atoms with Crippen LogP contribution in [0.4, 0.5) is 0 Å². The van der Waals surface area contributed by atoms with Gasteiger partial charge in [-0.05, 0) is 36.2 Å². The molecule has 0 unspecified atom stereocenters. The second-order valence-corrected chi connectivity index (χ2v) is 4.62. The molecule has 0 aromatic heterocycles. The van der Waals surface area contributed by atoms with Gasteiger partial charge in [-0.2, -0.15) is 0 Å². The van der Waals surface area contributed by atoms with E-state index in [0.29, 0.717) is 18.7 Å². The highest BCUT2D eigenvalue weighted by Crippen LogP contribution is 2.12. The van der Waals surface area contributed by atoms with Crippen molar-refractivity contribution in [1.82, 2.24) is 5.32 Å². The first kappa shape index (κ1) is 14.9. The van der Waals surface area contributed by atoms with Gasteiger partial charge in [0.2, 0.25) is 0 Å². The Morgan fingerprint density at radius 1 is 1.10 bits per heavy atom. The Morgan fingerprint density at radius 3 is 2.48 bits per heavy atom. The van der Waals surface area contributed by atoms with Crippen LogP contribution < -0.4 is 10.1 Å². The van der Waals surface area contributed by atoms with Gasteiger partial charge in [-0.3, -0.25) is 4.79 Å². The molecule has 0 radical (unpaired) electrons. The Hall–Kier alpha value is -2.55. The van der Waals surface area contributed by atoms with Crippen molar-refractivity contribution in [2.75, 3.05) is 13.2 Å². The number of rotatable bonds is 7. The summed E-state index contributed by atoms with van der Waals surface area (Å²) in [5.74, 6) is 0.664. The van der Waals surface area contributed by atoms with Crippen molar-refractivity contribution in [1.29, 1.82) is 0 Å². The highest BCUT2D eigenvalue weighted by atomic mass is 16.5. The molecule has 2 aromatic rings. The number of nitrogens with one attached hydrogen (secondary N) is 1. The zero-order valence-corrected chi connectivity index (χ0v) is 11.9. The largest absolute Gasteiger partial charge is 0.490 e. The van der Waals surface area contributed by atoms with Crippen molar-refractivity contribution < 1.29 is 9.53 Å². The minimum Gasteiger partial charge on any atom is -0.490 e. The Morgan fingerprint density at radius 2 is 1.81 bits per heavy atom. The van der Waals surface area contributed by atoms with Gasteiger partial charge in [0.15, 0.2) is 0 Å². The van der Waals surface area contributed by atoms with E-state index in [-0.39, 0.29) is 5.91 Å². The number of benzene rings is 2. The molecule has 0 spiro atoms. The standard InChI is InChI=1S/C18H19NO2/c1-2-14-21-17-10-8-16(9-11-17)18(20)19-13-12-15-6-4-3-5-7-15/h2-11H,1,12-14H2,(H,19,20). The molecule has 1 amide bonds. The third-order valence-electron chi connectivity index (χ3n) is 3.03. The number of amides is 1. The SMILES string of the molecule is C=CCOc1ccc(C(=O)NCCc2ccccc2)cc1. The molecule has 1 N–H and O–H groups in total. The van der Waals surface area contributed by atoms with Gasteiger partial charge in [0.25, 0.3) is 5.91 Å². The van der Waals surface area contributed by atoms with Gasteiger partial charge in [0, 0.05) is 12.1 Å². The van der Waals surface area contributed by atoms with E-state index in [1.54, 1.807) is 30.3 Å². The zero-order valence-electron chi connectivity index (χ0n) is 11.9. The maximum Gasteiger partial charge on any atom is 0.251 e. The van der Waals surface area contributed by atoms with Crippen molar-refractivity contribution in [3.05, 3.63) is 78.4 Å². The number of hydrogen-bond donors (Lipinski definition) is 1. The van der Waals surface area contributed by atoms with E-state index in [9.17, 15) is 4.79 Å². The lowest BCUT2D eigenvalue weighted by Crippen LogP contribution is -2.25. The molecule has 0 aliphatic rings. The highest BCUT2D eigenvalue weighted by molar-refractivity contribution is 5.94. The minimum atomic E-state index is -0.0683. The second kappa shape index (κ2) is 7.90. The molecule has 0 saturated carbocycles. The fourth-order valence-corrected chi connectivity index (χ4v) is 1.92. The van der Waals surface area contributed by atoms with Gasteiger partial charge in [0.1, 0.15) is 12.4 Å². The first-order valence-corrected chi connectivity index (χ1v) is 6.95. The lowest BCUT2D eigenvalue weighted by molar-refractivity contribution is 0.0954. The van der Waals surface area contributed by atoms with E-state index in [1.807, 2.05) is 18.2 Å². The van der Waals surface area contributed by atoms with Crippen molar-refractivity contribution in [2.24, 2.45) is 0 Å². The van der Waals surface area contributed by atoms with Gasteiger partial charge in [0.05, 0.1) is 0 Å².